The van der Waals surface area contributed by atoms with Crippen molar-refractivity contribution >= 4 is 17.2 Å². The van der Waals surface area contributed by atoms with Crippen LogP contribution in [-0.2, 0) is 0 Å². The number of benzene rings is 1. The van der Waals surface area contributed by atoms with Gasteiger partial charge in [0.15, 0.2) is 11.5 Å². The van der Waals surface area contributed by atoms with Crippen molar-refractivity contribution in [3.05, 3.63) is 48.0 Å². The zero-order valence-corrected chi connectivity index (χ0v) is 13.5. The summed E-state index contributed by atoms with van der Waals surface area (Å²) in [6.45, 7) is 3.65. The van der Waals surface area contributed by atoms with Crippen molar-refractivity contribution < 1.29 is 4.39 Å². The van der Waals surface area contributed by atoms with E-state index < -0.39 is 0 Å². The molecule has 0 bridgehead atoms. The summed E-state index contributed by atoms with van der Waals surface area (Å²) >= 11 is 0. The van der Waals surface area contributed by atoms with Gasteiger partial charge in [0.2, 0.25) is 0 Å². The summed E-state index contributed by atoms with van der Waals surface area (Å²) in [5.41, 5.74) is 1.34. The van der Waals surface area contributed by atoms with Gasteiger partial charge in [-0.3, -0.25) is 0 Å². The Labute approximate surface area is 139 Å². The van der Waals surface area contributed by atoms with Crippen LogP contribution in [0.5, 0.6) is 0 Å². The lowest BCUT2D eigenvalue weighted by Crippen LogP contribution is -2.39. The molecule has 1 N–H and O–H groups in total. The molecule has 0 spiro atoms. The Balaban J connectivity index is 1.43. The number of hydrogen-bond donors (Lipinski definition) is 1. The molecule has 1 aliphatic heterocycles. The highest BCUT2D eigenvalue weighted by Gasteiger charge is 2.21. The van der Waals surface area contributed by atoms with Gasteiger partial charge in [0, 0.05) is 19.1 Å². The van der Waals surface area contributed by atoms with E-state index in [4.69, 9.17) is 0 Å². The summed E-state index contributed by atoms with van der Waals surface area (Å²) in [4.78, 5) is 2.25. The van der Waals surface area contributed by atoms with E-state index in [2.05, 4.69) is 25.5 Å². The number of hydrogen-bond acceptors (Lipinski definition) is 5. The number of halogens is 1. The third kappa shape index (κ3) is 2.77. The lowest BCUT2D eigenvalue weighted by Gasteiger charge is -2.33. The molecule has 3 heterocycles. The first-order chi connectivity index (χ1) is 11.7. The minimum absolute atomic E-state index is 0.199. The second kappa shape index (κ2) is 6.07. The van der Waals surface area contributed by atoms with Gasteiger partial charge in [-0.15, -0.1) is 15.3 Å². The van der Waals surface area contributed by atoms with E-state index in [1.165, 1.54) is 6.07 Å². The van der Waals surface area contributed by atoms with Crippen molar-refractivity contribution in [1.29, 1.82) is 0 Å². The molecule has 1 aliphatic rings. The Hall–Kier alpha value is -2.70. The SMILES string of the molecule is Cc1nnc2ccc(N3CCC(Nc4ccccc4F)CC3)nn12. The van der Waals surface area contributed by atoms with E-state index in [0.29, 0.717) is 5.69 Å². The predicted octanol–water partition coefficient (Wildman–Crippen LogP) is 2.65. The summed E-state index contributed by atoms with van der Waals surface area (Å²) in [5, 5.41) is 16.0. The number of anilines is 2. The standard InChI is InChI=1S/C17H19FN6/c1-12-20-21-16-6-7-17(22-24(12)16)23-10-8-13(9-11-23)19-15-5-3-2-4-14(15)18/h2-7,13,19H,8-11H2,1H3. The molecule has 1 aromatic carbocycles. The van der Waals surface area contributed by atoms with Crippen LogP contribution in [0.2, 0.25) is 0 Å². The highest BCUT2D eigenvalue weighted by Crippen LogP contribution is 2.22. The molecule has 0 aliphatic carbocycles. The quantitative estimate of drug-likeness (QED) is 0.802. The molecule has 0 saturated carbocycles. The average molecular weight is 326 g/mol. The van der Waals surface area contributed by atoms with Crippen molar-refractivity contribution in [3.8, 4) is 0 Å². The molecule has 0 amide bonds. The van der Waals surface area contributed by atoms with Gasteiger partial charge in [0.05, 0.1) is 5.69 Å². The smallest absolute Gasteiger partial charge is 0.178 e. The summed E-state index contributed by atoms with van der Waals surface area (Å²) in [6, 6.07) is 11.0. The van der Waals surface area contributed by atoms with Crippen LogP contribution in [0.3, 0.4) is 0 Å². The van der Waals surface area contributed by atoms with Gasteiger partial charge >= 0.3 is 0 Å². The van der Waals surface area contributed by atoms with E-state index in [1.54, 1.807) is 16.6 Å². The van der Waals surface area contributed by atoms with E-state index in [-0.39, 0.29) is 11.9 Å². The van der Waals surface area contributed by atoms with Crippen molar-refractivity contribution in [3.63, 3.8) is 0 Å². The maximum absolute atomic E-state index is 13.7. The molecule has 2 aromatic heterocycles. The third-order valence-electron chi connectivity index (χ3n) is 4.46. The highest BCUT2D eigenvalue weighted by atomic mass is 19.1. The number of aromatic nitrogens is 4. The molecular formula is C17H19FN6. The Bertz CT molecular complexity index is 853. The normalized spacial score (nSPS) is 15.8. The van der Waals surface area contributed by atoms with Crippen LogP contribution in [0.1, 0.15) is 18.7 Å². The predicted molar refractivity (Wildman–Crippen MR) is 90.8 cm³/mol. The van der Waals surface area contributed by atoms with Crippen LogP contribution in [0.15, 0.2) is 36.4 Å². The topological polar surface area (TPSA) is 58.4 Å². The fourth-order valence-corrected chi connectivity index (χ4v) is 3.11. The summed E-state index contributed by atoms with van der Waals surface area (Å²) < 4.78 is 15.5. The van der Waals surface area contributed by atoms with Crippen LogP contribution in [-0.4, -0.2) is 38.9 Å². The van der Waals surface area contributed by atoms with E-state index in [1.807, 2.05) is 25.1 Å². The fourth-order valence-electron chi connectivity index (χ4n) is 3.11. The van der Waals surface area contributed by atoms with Crippen LogP contribution in [0.25, 0.3) is 5.65 Å². The van der Waals surface area contributed by atoms with E-state index in [0.717, 1.165) is 43.2 Å². The second-order valence-corrected chi connectivity index (χ2v) is 6.09. The van der Waals surface area contributed by atoms with Gasteiger partial charge in [0.25, 0.3) is 0 Å². The van der Waals surface area contributed by atoms with Crippen molar-refractivity contribution in [2.75, 3.05) is 23.3 Å². The van der Waals surface area contributed by atoms with E-state index in [9.17, 15) is 4.39 Å². The van der Waals surface area contributed by atoms with Gasteiger partial charge in [-0.25, -0.2) is 4.39 Å². The van der Waals surface area contributed by atoms with Crippen molar-refractivity contribution in [1.82, 2.24) is 19.8 Å². The maximum Gasteiger partial charge on any atom is 0.178 e. The highest BCUT2D eigenvalue weighted by molar-refractivity contribution is 5.48. The molecule has 3 aromatic rings. The molecule has 4 rings (SSSR count). The van der Waals surface area contributed by atoms with Crippen LogP contribution < -0.4 is 10.2 Å². The van der Waals surface area contributed by atoms with Gasteiger partial charge in [-0.05, 0) is 44.0 Å². The third-order valence-corrected chi connectivity index (χ3v) is 4.46. The zero-order chi connectivity index (χ0) is 16.5. The molecule has 6 nitrogen and oxygen atoms in total. The molecule has 0 radical (unpaired) electrons. The first-order valence-electron chi connectivity index (χ1n) is 8.16. The van der Waals surface area contributed by atoms with Gasteiger partial charge in [-0.2, -0.15) is 4.52 Å². The summed E-state index contributed by atoms with van der Waals surface area (Å²) in [6.07, 6.45) is 1.88. The number of piperidine rings is 1. The molecule has 1 saturated heterocycles. The minimum Gasteiger partial charge on any atom is -0.380 e. The molecule has 0 unspecified atom stereocenters. The van der Waals surface area contributed by atoms with Crippen molar-refractivity contribution in [2.45, 2.75) is 25.8 Å². The lowest BCUT2D eigenvalue weighted by atomic mass is 10.0. The number of nitrogens with zero attached hydrogens (tertiary/aromatic N) is 5. The average Bonchev–Trinajstić information content (AvgIpc) is 2.98. The first kappa shape index (κ1) is 14.9. The molecule has 0 atom stereocenters. The second-order valence-electron chi connectivity index (χ2n) is 6.09. The summed E-state index contributed by atoms with van der Waals surface area (Å²) in [7, 11) is 0. The Kier molecular flexibility index (Phi) is 3.76. The van der Waals surface area contributed by atoms with Crippen molar-refractivity contribution in [2.24, 2.45) is 0 Å². The Morgan fingerprint density at radius 1 is 1.08 bits per heavy atom. The molecule has 7 heteroatoms. The molecule has 24 heavy (non-hydrogen) atoms. The maximum atomic E-state index is 13.7. The number of rotatable bonds is 3. The van der Waals surface area contributed by atoms with Crippen LogP contribution >= 0.6 is 0 Å². The Morgan fingerprint density at radius 2 is 1.88 bits per heavy atom. The van der Waals surface area contributed by atoms with E-state index >= 15 is 0 Å². The van der Waals surface area contributed by atoms with Gasteiger partial charge in [-0.1, -0.05) is 12.1 Å². The first-order valence-corrected chi connectivity index (χ1v) is 8.16. The van der Waals surface area contributed by atoms with Crippen LogP contribution in [0, 0.1) is 12.7 Å². The Morgan fingerprint density at radius 3 is 2.67 bits per heavy atom. The summed E-state index contributed by atoms with van der Waals surface area (Å²) in [5.74, 6) is 1.51. The zero-order valence-electron chi connectivity index (χ0n) is 13.5. The molecule has 124 valence electrons. The number of nitrogens with one attached hydrogen (secondary N) is 1. The molecular weight excluding hydrogens is 307 g/mol. The monoisotopic (exact) mass is 326 g/mol. The lowest BCUT2D eigenvalue weighted by molar-refractivity contribution is 0.517. The largest absolute Gasteiger partial charge is 0.380 e. The van der Waals surface area contributed by atoms with Gasteiger partial charge in [0.1, 0.15) is 11.6 Å². The number of aryl methyl sites for hydroxylation is 1. The molecule has 1 fully saturated rings. The minimum atomic E-state index is -0.199. The number of para-hydroxylation sites is 1. The van der Waals surface area contributed by atoms with Crippen LogP contribution in [0.4, 0.5) is 15.9 Å². The van der Waals surface area contributed by atoms with Gasteiger partial charge < -0.3 is 10.2 Å². The fraction of sp³-hybridized carbons (Fsp3) is 0.353. The number of fused-ring (bicyclic) bond motifs is 1.